The Bertz CT molecular complexity index is 944. The molecule has 0 unspecified atom stereocenters. The van der Waals surface area contributed by atoms with Crippen molar-refractivity contribution in [2.75, 3.05) is 12.4 Å². The van der Waals surface area contributed by atoms with Gasteiger partial charge in [0.15, 0.2) is 0 Å². The number of rotatable bonds is 4. The van der Waals surface area contributed by atoms with E-state index in [4.69, 9.17) is 0 Å². The van der Waals surface area contributed by atoms with Crippen molar-refractivity contribution >= 4 is 33.1 Å². The van der Waals surface area contributed by atoms with E-state index in [1.165, 1.54) is 30.1 Å². The summed E-state index contributed by atoms with van der Waals surface area (Å²) in [6.45, 7) is 5.85. The summed E-state index contributed by atoms with van der Waals surface area (Å²) in [4.78, 5) is 9.09. The molecule has 1 N–H and O–H groups in total. The van der Waals surface area contributed by atoms with Crippen molar-refractivity contribution in [1.29, 1.82) is 0 Å². The predicted molar refractivity (Wildman–Crippen MR) is 106 cm³/mol. The van der Waals surface area contributed by atoms with Gasteiger partial charge in [0.1, 0.15) is 10.9 Å². The van der Waals surface area contributed by atoms with Gasteiger partial charge < -0.3 is 5.32 Å². The molecule has 0 saturated carbocycles. The zero-order valence-electron chi connectivity index (χ0n) is 14.4. The number of anilines is 1. The Kier molecular flexibility index (Phi) is 5.32. The molecule has 1 aromatic carbocycles. The number of allylic oxidation sites excluding steroid dienone is 2. The van der Waals surface area contributed by atoms with E-state index in [1.54, 1.807) is 19.2 Å². The molecule has 2 aromatic rings. The molecule has 2 heterocycles. The standard InChI is InChI=1S/C20H17F2N3S/c1-4-13-10-18(14-5-7-17(23-3)16(21)9-14)26-20(13)25-12(2)15-6-8-19(22)24-11-15/h4-11,23H,2H2,1,3H3/b13-4-,25-20?. The fourth-order valence-electron chi connectivity index (χ4n) is 2.44. The molecule has 0 spiro atoms. The second-order valence-electron chi connectivity index (χ2n) is 5.53. The van der Waals surface area contributed by atoms with Crippen molar-refractivity contribution in [3.05, 3.63) is 83.7 Å². The number of halogens is 2. The Morgan fingerprint density at radius 3 is 2.69 bits per heavy atom. The van der Waals surface area contributed by atoms with Gasteiger partial charge in [0.2, 0.25) is 5.95 Å². The van der Waals surface area contributed by atoms with Crippen molar-refractivity contribution in [2.45, 2.75) is 6.92 Å². The van der Waals surface area contributed by atoms with Crippen molar-refractivity contribution in [1.82, 2.24) is 4.98 Å². The molecule has 3 nitrogen and oxygen atoms in total. The highest BCUT2D eigenvalue weighted by atomic mass is 32.2. The van der Waals surface area contributed by atoms with Gasteiger partial charge in [-0.2, -0.15) is 4.39 Å². The van der Waals surface area contributed by atoms with Crippen LogP contribution < -0.4 is 5.32 Å². The number of nitrogens with one attached hydrogen (secondary N) is 1. The average Bonchev–Trinajstić information content (AvgIpc) is 3.05. The lowest BCUT2D eigenvalue weighted by molar-refractivity contribution is 0.583. The fourth-order valence-corrected chi connectivity index (χ4v) is 3.53. The van der Waals surface area contributed by atoms with Crippen LogP contribution in [0.4, 0.5) is 14.5 Å². The lowest BCUT2D eigenvalue weighted by Gasteiger charge is -2.06. The molecule has 0 amide bonds. The quantitative estimate of drug-likeness (QED) is 0.723. The molecule has 1 aromatic heterocycles. The third kappa shape index (κ3) is 3.75. The molecular formula is C20H17F2N3S. The topological polar surface area (TPSA) is 37.3 Å². The minimum Gasteiger partial charge on any atom is -0.386 e. The Morgan fingerprint density at radius 1 is 1.27 bits per heavy atom. The van der Waals surface area contributed by atoms with Crippen LogP contribution >= 0.6 is 11.8 Å². The number of aromatic nitrogens is 1. The lowest BCUT2D eigenvalue weighted by Crippen LogP contribution is -1.93. The maximum atomic E-state index is 14.0. The fraction of sp³-hybridized carbons (Fsp3) is 0.100. The molecule has 3 rings (SSSR count). The Balaban J connectivity index is 1.87. The summed E-state index contributed by atoms with van der Waals surface area (Å²) >= 11 is 1.45. The second kappa shape index (κ2) is 7.66. The minimum atomic E-state index is -0.547. The van der Waals surface area contributed by atoms with Gasteiger partial charge in [0, 0.05) is 29.3 Å². The van der Waals surface area contributed by atoms with Crippen molar-refractivity contribution in [2.24, 2.45) is 4.99 Å². The summed E-state index contributed by atoms with van der Waals surface area (Å²) in [6, 6.07) is 7.93. The largest absolute Gasteiger partial charge is 0.386 e. The van der Waals surface area contributed by atoms with E-state index in [0.717, 1.165) is 21.1 Å². The molecule has 26 heavy (non-hydrogen) atoms. The highest BCUT2D eigenvalue weighted by Crippen LogP contribution is 2.40. The van der Waals surface area contributed by atoms with E-state index >= 15 is 0 Å². The Hall–Kier alpha value is -2.73. The van der Waals surface area contributed by atoms with E-state index in [2.05, 4.69) is 21.9 Å². The maximum Gasteiger partial charge on any atom is 0.212 e. The molecule has 0 fully saturated rings. The summed E-state index contributed by atoms with van der Waals surface area (Å²) in [7, 11) is 1.68. The van der Waals surface area contributed by atoms with Crippen LogP contribution in [-0.4, -0.2) is 17.1 Å². The van der Waals surface area contributed by atoms with Crippen LogP contribution in [0.1, 0.15) is 18.1 Å². The summed E-state index contributed by atoms with van der Waals surface area (Å²) in [5, 5.41) is 3.57. The third-order valence-electron chi connectivity index (χ3n) is 3.87. The van der Waals surface area contributed by atoms with Gasteiger partial charge in [0.25, 0.3) is 0 Å². The summed E-state index contributed by atoms with van der Waals surface area (Å²) in [5.41, 5.74) is 3.30. The Labute approximate surface area is 155 Å². The number of aliphatic imine (C=N–C) groups is 1. The van der Waals surface area contributed by atoms with Crippen molar-refractivity contribution in [3.63, 3.8) is 0 Å². The first-order valence-corrected chi connectivity index (χ1v) is 8.77. The molecule has 132 valence electrons. The van der Waals surface area contributed by atoms with Crippen LogP contribution in [0.15, 0.2) is 65.8 Å². The number of nitrogens with zero attached hydrogens (tertiary/aromatic N) is 2. The zero-order chi connectivity index (χ0) is 18.7. The van der Waals surface area contributed by atoms with Crippen LogP contribution in [0.3, 0.4) is 0 Å². The third-order valence-corrected chi connectivity index (χ3v) is 4.97. The SMILES string of the molecule is C=C(N=C1SC(c2ccc(NC)c(F)c2)=C/C1=C/C)c1ccc(F)nc1. The van der Waals surface area contributed by atoms with Crippen molar-refractivity contribution in [3.8, 4) is 0 Å². The molecule has 1 aliphatic rings. The van der Waals surface area contributed by atoms with Crippen molar-refractivity contribution < 1.29 is 8.78 Å². The molecule has 0 atom stereocenters. The number of benzene rings is 1. The van der Waals surface area contributed by atoms with E-state index < -0.39 is 5.95 Å². The zero-order valence-corrected chi connectivity index (χ0v) is 15.2. The first kappa shape index (κ1) is 18.1. The molecule has 6 heteroatoms. The van der Waals surface area contributed by atoms with E-state index in [9.17, 15) is 8.78 Å². The molecule has 0 radical (unpaired) electrons. The number of thioether (sulfide) groups is 1. The normalized spacial score (nSPS) is 16.8. The van der Waals surface area contributed by atoms with E-state index in [0.29, 0.717) is 16.9 Å². The van der Waals surface area contributed by atoms with Crippen LogP contribution in [0, 0.1) is 11.8 Å². The lowest BCUT2D eigenvalue weighted by atomic mass is 10.1. The molecule has 0 bridgehead atoms. The number of pyridine rings is 1. The predicted octanol–water partition coefficient (Wildman–Crippen LogP) is 5.50. The highest BCUT2D eigenvalue weighted by Gasteiger charge is 2.20. The van der Waals surface area contributed by atoms with Crippen LogP contribution in [-0.2, 0) is 0 Å². The minimum absolute atomic E-state index is 0.305. The van der Waals surface area contributed by atoms with Crippen LogP contribution in [0.5, 0.6) is 0 Å². The highest BCUT2D eigenvalue weighted by molar-refractivity contribution is 8.22. The Morgan fingerprint density at radius 2 is 2.08 bits per heavy atom. The molecule has 0 saturated heterocycles. The van der Waals surface area contributed by atoms with Gasteiger partial charge in [-0.1, -0.05) is 30.5 Å². The maximum absolute atomic E-state index is 14.0. The number of hydrogen-bond donors (Lipinski definition) is 1. The molecular weight excluding hydrogens is 352 g/mol. The van der Waals surface area contributed by atoms with E-state index in [1.807, 2.05) is 25.1 Å². The first-order chi connectivity index (χ1) is 12.5. The van der Waals surface area contributed by atoms with E-state index in [-0.39, 0.29) is 5.82 Å². The molecule has 1 aliphatic heterocycles. The average molecular weight is 369 g/mol. The monoisotopic (exact) mass is 369 g/mol. The second-order valence-corrected chi connectivity index (χ2v) is 6.56. The summed E-state index contributed by atoms with van der Waals surface area (Å²) in [5.74, 6) is -0.852. The van der Waals surface area contributed by atoms with Gasteiger partial charge in [0.05, 0.1) is 11.4 Å². The van der Waals surface area contributed by atoms with Gasteiger partial charge in [-0.25, -0.2) is 14.4 Å². The van der Waals surface area contributed by atoms with Gasteiger partial charge in [-0.05, 0) is 42.8 Å². The first-order valence-electron chi connectivity index (χ1n) is 7.95. The van der Waals surface area contributed by atoms with Gasteiger partial charge >= 0.3 is 0 Å². The number of hydrogen-bond acceptors (Lipinski definition) is 4. The van der Waals surface area contributed by atoms with Gasteiger partial charge in [-0.15, -0.1) is 0 Å². The summed E-state index contributed by atoms with van der Waals surface area (Å²) < 4.78 is 27.0. The van der Waals surface area contributed by atoms with Crippen LogP contribution in [0.2, 0.25) is 0 Å². The summed E-state index contributed by atoms with van der Waals surface area (Å²) in [6.07, 6.45) is 5.30. The smallest absolute Gasteiger partial charge is 0.212 e. The molecule has 0 aliphatic carbocycles. The van der Waals surface area contributed by atoms with Gasteiger partial charge in [-0.3, -0.25) is 0 Å². The van der Waals surface area contributed by atoms with Crippen LogP contribution in [0.25, 0.3) is 10.6 Å².